The molecule has 7 heteroatoms. The molecular weight excluding hydrogens is 397 g/mol. The van der Waals surface area contributed by atoms with Crippen molar-refractivity contribution in [1.82, 2.24) is 0 Å². The average molecular weight is 421 g/mol. The summed E-state index contributed by atoms with van der Waals surface area (Å²) in [6, 6.07) is 7.74. The number of rotatable bonds is 5. The Bertz CT molecular complexity index is 491. The maximum absolute atomic E-state index is 10.3. The van der Waals surface area contributed by atoms with Crippen molar-refractivity contribution in [2.24, 2.45) is 10.7 Å². The summed E-state index contributed by atoms with van der Waals surface area (Å²) in [6.45, 7) is 1.91. The molecule has 4 N–H and O–H groups in total. The van der Waals surface area contributed by atoms with Gasteiger partial charge in [0.05, 0.1) is 18.8 Å². The predicted octanol–water partition coefficient (Wildman–Crippen LogP) is 1.72. The number of nitrogens with one attached hydrogen (secondary N) is 1. The standard InChI is InChI=1S/C15H23N3O3.HI/c1-20-10-12-4-2-3-5-13(12)18-14(16)17-11-15(19)6-8-21-9-7-15;/h2-5,19H,6-11H2,1H3,(H3,16,17,18);1H. The van der Waals surface area contributed by atoms with Gasteiger partial charge in [0.25, 0.3) is 0 Å². The van der Waals surface area contributed by atoms with E-state index in [1.165, 1.54) is 0 Å². The summed E-state index contributed by atoms with van der Waals surface area (Å²) in [4.78, 5) is 4.25. The maximum Gasteiger partial charge on any atom is 0.193 e. The van der Waals surface area contributed by atoms with Crippen LogP contribution in [0.5, 0.6) is 0 Å². The second kappa shape index (κ2) is 9.29. The quantitative estimate of drug-likeness (QED) is 0.383. The predicted molar refractivity (Wildman–Crippen MR) is 97.7 cm³/mol. The third-order valence-corrected chi connectivity index (χ3v) is 3.55. The first-order valence-electron chi connectivity index (χ1n) is 7.07. The minimum Gasteiger partial charge on any atom is -0.388 e. The Hall–Kier alpha value is -0.900. The van der Waals surface area contributed by atoms with Crippen LogP contribution < -0.4 is 11.1 Å². The summed E-state index contributed by atoms with van der Waals surface area (Å²) in [6.07, 6.45) is 1.17. The number of hydrogen-bond donors (Lipinski definition) is 3. The fourth-order valence-corrected chi connectivity index (χ4v) is 2.24. The van der Waals surface area contributed by atoms with Gasteiger partial charge in [-0.2, -0.15) is 0 Å². The van der Waals surface area contributed by atoms with Crippen molar-refractivity contribution in [1.29, 1.82) is 0 Å². The average Bonchev–Trinajstić information content (AvgIpc) is 2.48. The van der Waals surface area contributed by atoms with Crippen molar-refractivity contribution >= 4 is 35.6 Å². The summed E-state index contributed by atoms with van der Waals surface area (Å²) >= 11 is 0. The molecule has 1 aliphatic rings. The molecule has 1 aromatic rings. The Balaban J connectivity index is 0.00000242. The van der Waals surface area contributed by atoms with Crippen LogP contribution in [-0.2, 0) is 16.1 Å². The highest BCUT2D eigenvalue weighted by Gasteiger charge is 2.29. The van der Waals surface area contributed by atoms with Crippen LogP contribution in [0.4, 0.5) is 5.69 Å². The second-order valence-corrected chi connectivity index (χ2v) is 5.25. The van der Waals surface area contributed by atoms with E-state index in [0.29, 0.717) is 38.6 Å². The number of aliphatic hydroxyl groups is 1. The first-order valence-corrected chi connectivity index (χ1v) is 7.07. The second-order valence-electron chi connectivity index (χ2n) is 5.25. The lowest BCUT2D eigenvalue weighted by Gasteiger charge is -2.30. The van der Waals surface area contributed by atoms with E-state index in [1.54, 1.807) is 7.11 Å². The lowest BCUT2D eigenvalue weighted by Crippen LogP contribution is -2.40. The lowest BCUT2D eigenvalue weighted by molar-refractivity contribution is -0.0565. The van der Waals surface area contributed by atoms with Gasteiger partial charge in [-0.15, -0.1) is 24.0 Å². The third-order valence-electron chi connectivity index (χ3n) is 3.55. The molecule has 2 rings (SSSR count). The molecule has 0 atom stereocenters. The molecule has 1 heterocycles. The highest BCUT2D eigenvalue weighted by molar-refractivity contribution is 14.0. The Morgan fingerprint density at radius 2 is 2.09 bits per heavy atom. The molecule has 1 fully saturated rings. The van der Waals surface area contributed by atoms with E-state index in [9.17, 15) is 5.11 Å². The number of anilines is 1. The summed E-state index contributed by atoms with van der Waals surface area (Å²) in [5.74, 6) is 0.290. The van der Waals surface area contributed by atoms with E-state index in [2.05, 4.69) is 10.3 Å². The Kier molecular flexibility index (Phi) is 8.08. The lowest BCUT2D eigenvalue weighted by atomic mass is 9.95. The molecule has 0 radical (unpaired) electrons. The number of nitrogens with zero attached hydrogens (tertiary/aromatic N) is 1. The summed E-state index contributed by atoms with van der Waals surface area (Å²) in [5.41, 5.74) is 6.96. The van der Waals surface area contributed by atoms with Crippen molar-refractivity contribution < 1.29 is 14.6 Å². The van der Waals surface area contributed by atoms with Gasteiger partial charge in [-0.1, -0.05) is 18.2 Å². The number of methoxy groups -OCH3 is 1. The van der Waals surface area contributed by atoms with Gasteiger partial charge < -0.3 is 25.6 Å². The molecule has 124 valence electrons. The molecule has 1 aromatic carbocycles. The van der Waals surface area contributed by atoms with E-state index in [4.69, 9.17) is 15.2 Å². The van der Waals surface area contributed by atoms with Crippen LogP contribution in [0.3, 0.4) is 0 Å². The molecule has 0 amide bonds. The first kappa shape index (κ1) is 19.1. The zero-order valence-electron chi connectivity index (χ0n) is 12.7. The van der Waals surface area contributed by atoms with Gasteiger partial charge in [0.15, 0.2) is 5.96 Å². The number of halogens is 1. The van der Waals surface area contributed by atoms with Gasteiger partial charge in [0.2, 0.25) is 0 Å². The van der Waals surface area contributed by atoms with Crippen LogP contribution in [0.2, 0.25) is 0 Å². The van der Waals surface area contributed by atoms with Gasteiger partial charge in [-0.25, -0.2) is 0 Å². The zero-order valence-corrected chi connectivity index (χ0v) is 15.1. The number of aliphatic imine (C=N–C) groups is 1. The number of nitrogens with two attached hydrogens (primary N) is 1. The molecule has 0 unspecified atom stereocenters. The molecular formula is C15H24IN3O3. The van der Waals surface area contributed by atoms with Gasteiger partial charge >= 0.3 is 0 Å². The van der Waals surface area contributed by atoms with E-state index >= 15 is 0 Å². The zero-order chi connectivity index (χ0) is 15.1. The molecule has 22 heavy (non-hydrogen) atoms. The monoisotopic (exact) mass is 421 g/mol. The first-order chi connectivity index (χ1) is 10.1. The third kappa shape index (κ3) is 5.71. The smallest absolute Gasteiger partial charge is 0.193 e. The highest BCUT2D eigenvalue weighted by atomic mass is 127. The number of guanidine groups is 1. The fraction of sp³-hybridized carbons (Fsp3) is 0.533. The van der Waals surface area contributed by atoms with E-state index in [-0.39, 0.29) is 30.5 Å². The largest absolute Gasteiger partial charge is 0.388 e. The number of hydrogen-bond acceptors (Lipinski definition) is 4. The molecule has 0 saturated carbocycles. The summed E-state index contributed by atoms with van der Waals surface area (Å²) in [7, 11) is 1.65. The number of ether oxygens (including phenoxy) is 2. The van der Waals surface area contributed by atoms with Crippen molar-refractivity contribution in [3.05, 3.63) is 29.8 Å². The van der Waals surface area contributed by atoms with E-state index < -0.39 is 5.60 Å². The topological polar surface area (TPSA) is 89.1 Å². The molecule has 0 aliphatic carbocycles. The molecule has 0 bridgehead atoms. The van der Waals surface area contributed by atoms with E-state index in [1.807, 2.05) is 24.3 Å². The Labute approximate surface area is 148 Å². The molecule has 0 aromatic heterocycles. The Morgan fingerprint density at radius 3 is 2.77 bits per heavy atom. The SMILES string of the molecule is COCc1ccccc1NC(N)=NCC1(O)CCOCC1.I. The van der Waals surface area contributed by atoms with Crippen molar-refractivity contribution in [3.8, 4) is 0 Å². The van der Waals surface area contributed by atoms with Crippen LogP contribution in [0.1, 0.15) is 18.4 Å². The maximum atomic E-state index is 10.3. The van der Waals surface area contributed by atoms with Crippen molar-refractivity contribution in [3.63, 3.8) is 0 Å². The molecule has 6 nitrogen and oxygen atoms in total. The highest BCUT2D eigenvalue weighted by Crippen LogP contribution is 2.21. The van der Waals surface area contributed by atoms with Crippen molar-refractivity contribution in [2.75, 3.05) is 32.2 Å². The van der Waals surface area contributed by atoms with Crippen LogP contribution >= 0.6 is 24.0 Å². The minimum atomic E-state index is -0.809. The van der Waals surface area contributed by atoms with E-state index in [0.717, 1.165) is 11.3 Å². The van der Waals surface area contributed by atoms with Crippen LogP contribution in [0.25, 0.3) is 0 Å². The number of para-hydroxylation sites is 1. The van der Waals surface area contributed by atoms with Gasteiger partial charge in [-0.05, 0) is 6.07 Å². The van der Waals surface area contributed by atoms with Crippen LogP contribution in [0, 0.1) is 0 Å². The fourth-order valence-electron chi connectivity index (χ4n) is 2.24. The van der Waals surface area contributed by atoms with Crippen LogP contribution in [-0.4, -0.2) is 43.5 Å². The summed E-state index contributed by atoms with van der Waals surface area (Å²) in [5, 5.41) is 13.4. The molecule has 1 saturated heterocycles. The number of benzene rings is 1. The minimum absolute atomic E-state index is 0. The van der Waals surface area contributed by atoms with Gasteiger partial charge in [-0.3, -0.25) is 4.99 Å². The van der Waals surface area contributed by atoms with Crippen LogP contribution in [0.15, 0.2) is 29.3 Å². The Morgan fingerprint density at radius 1 is 1.41 bits per heavy atom. The molecule has 1 aliphatic heterocycles. The summed E-state index contributed by atoms with van der Waals surface area (Å²) < 4.78 is 10.4. The van der Waals surface area contributed by atoms with Gasteiger partial charge in [0, 0.05) is 44.4 Å². The molecule has 0 spiro atoms. The van der Waals surface area contributed by atoms with Crippen molar-refractivity contribution in [2.45, 2.75) is 25.0 Å². The van der Waals surface area contributed by atoms with Gasteiger partial charge in [0.1, 0.15) is 0 Å². The normalized spacial score (nSPS) is 17.6.